The smallest absolute Gasteiger partial charge is 0.316 e. The molecule has 27 heavy (non-hydrogen) atoms. The van der Waals surface area contributed by atoms with Crippen molar-refractivity contribution in [1.82, 2.24) is 20.4 Å². The van der Waals surface area contributed by atoms with Gasteiger partial charge in [0, 0.05) is 36.4 Å². The fourth-order valence-corrected chi connectivity index (χ4v) is 3.23. The van der Waals surface area contributed by atoms with Crippen LogP contribution in [0.1, 0.15) is 29.1 Å². The number of hydrogen-bond donors (Lipinski definition) is 1. The molecule has 1 amide bonds. The Kier molecular flexibility index (Phi) is 5.02. The van der Waals surface area contributed by atoms with E-state index in [4.69, 9.17) is 16.1 Å². The Labute approximate surface area is 161 Å². The number of carbonyl (C=O) groups excluding carboxylic acids is 1. The minimum Gasteiger partial charge on any atom is -0.357 e. The number of hydrogen-bond acceptors (Lipinski definition) is 6. The number of halogens is 1. The van der Waals surface area contributed by atoms with Crippen molar-refractivity contribution >= 4 is 23.3 Å². The lowest BCUT2D eigenvalue weighted by Gasteiger charge is -2.16. The van der Waals surface area contributed by atoms with E-state index >= 15 is 0 Å². The highest BCUT2D eigenvalue weighted by Crippen LogP contribution is 2.23. The van der Waals surface area contributed by atoms with Crippen LogP contribution in [-0.4, -0.2) is 34.1 Å². The van der Waals surface area contributed by atoms with Crippen molar-refractivity contribution in [2.24, 2.45) is 0 Å². The molecule has 2 aromatic heterocycles. The molecule has 7 nitrogen and oxygen atoms in total. The monoisotopic (exact) mass is 383 g/mol. The van der Waals surface area contributed by atoms with Crippen molar-refractivity contribution in [3.05, 3.63) is 59.1 Å². The van der Waals surface area contributed by atoms with Gasteiger partial charge < -0.3 is 14.7 Å². The highest BCUT2D eigenvalue weighted by molar-refractivity contribution is 6.30. The molecule has 0 saturated carbocycles. The molecule has 4 rings (SSSR count). The predicted molar refractivity (Wildman–Crippen MR) is 102 cm³/mol. The number of anilines is 1. The first-order valence-electron chi connectivity index (χ1n) is 8.77. The van der Waals surface area contributed by atoms with E-state index in [1.165, 1.54) is 12.8 Å². The van der Waals surface area contributed by atoms with Crippen molar-refractivity contribution in [3.63, 3.8) is 0 Å². The maximum atomic E-state index is 12.3. The van der Waals surface area contributed by atoms with Crippen LogP contribution in [-0.2, 0) is 6.54 Å². The summed E-state index contributed by atoms with van der Waals surface area (Å²) in [5.41, 5.74) is 1.66. The van der Waals surface area contributed by atoms with Gasteiger partial charge in [0.05, 0.1) is 0 Å². The molecule has 0 bridgehead atoms. The van der Waals surface area contributed by atoms with Gasteiger partial charge in [0.15, 0.2) is 0 Å². The van der Waals surface area contributed by atoms with Gasteiger partial charge in [-0.25, -0.2) is 4.98 Å². The van der Waals surface area contributed by atoms with E-state index < -0.39 is 5.91 Å². The Morgan fingerprint density at radius 2 is 2.07 bits per heavy atom. The van der Waals surface area contributed by atoms with Crippen molar-refractivity contribution in [1.29, 1.82) is 0 Å². The Morgan fingerprint density at radius 1 is 1.22 bits per heavy atom. The Morgan fingerprint density at radius 3 is 2.89 bits per heavy atom. The molecule has 1 N–H and O–H groups in total. The maximum absolute atomic E-state index is 12.3. The third-order valence-corrected chi connectivity index (χ3v) is 4.63. The molecule has 3 heterocycles. The first-order valence-corrected chi connectivity index (χ1v) is 9.14. The van der Waals surface area contributed by atoms with Crippen LogP contribution in [0.3, 0.4) is 0 Å². The lowest BCUT2D eigenvalue weighted by molar-refractivity contribution is 0.0907. The van der Waals surface area contributed by atoms with E-state index in [2.05, 4.69) is 25.3 Å². The van der Waals surface area contributed by atoms with E-state index in [-0.39, 0.29) is 5.89 Å². The number of nitrogens with zero attached hydrogens (tertiary/aromatic N) is 4. The minimum absolute atomic E-state index is 0.0773. The molecule has 0 radical (unpaired) electrons. The second-order valence-corrected chi connectivity index (χ2v) is 6.77. The zero-order valence-corrected chi connectivity index (χ0v) is 15.3. The van der Waals surface area contributed by atoms with E-state index in [0.29, 0.717) is 17.4 Å². The van der Waals surface area contributed by atoms with Crippen LogP contribution in [0.15, 0.2) is 47.1 Å². The third kappa shape index (κ3) is 4.09. The fraction of sp³-hybridized carbons (Fsp3) is 0.263. The molecule has 8 heteroatoms. The number of pyridine rings is 1. The third-order valence-electron chi connectivity index (χ3n) is 4.40. The summed E-state index contributed by atoms with van der Waals surface area (Å²) in [6.07, 6.45) is 4.06. The summed E-state index contributed by atoms with van der Waals surface area (Å²) in [6, 6.07) is 11.0. The van der Waals surface area contributed by atoms with Crippen LogP contribution in [0.5, 0.6) is 0 Å². The number of rotatable bonds is 5. The van der Waals surface area contributed by atoms with Gasteiger partial charge in [-0.3, -0.25) is 4.79 Å². The van der Waals surface area contributed by atoms with Gasteiger partial charge in [-0.1, -0.05) is 28.9 Å². The zero-order chi connectivity index (χ0) is 18.6. The molecule has 138 valence electrons. The molecule has 0 aliphatic carbocycles. The Hall–Kier alpha value is -2.93. The van der Waals surface area contributed by atoms with Crippen LogP contribution in [0, 0.1) is 0 Å². The summed E-state index contributed by atoms with van der Waals surface area (Å²) in [5.74, 6) is 0.752. The van der Waals surface area contributed by atoms with Gasteiger partial charge in [-0.15, -0.1) is 0 Å². The van der Waals surface area contributed by atoms with Crippen molar-refractivity contribution in [3.8, 4) is 11.4 Å². The molecule has 1 saturated heterocycles. The molecular formula is C19H18ClN5O2. The topological polar surface area (TPSA) is 84.2 Å². The molecule has 1 aliphatic heterocycles. The second kappa shape index (κ2) is 7.75. The predicted octanol–water partition coefficient (Wildman–Crippen LogP) is 3.32. The second-order valence-electron chi connectivity index (χ2n) is 6.33. The highest BCUT2D eigenvalue weighted by atomic mass is 35.5. The molecule has 1 fully saturated rings. The summed E-state index contributed by atoms with van der Waals surface area (Å²) in [4.78, 5) is 23.1. The van der Waals surface area contributed by atoms with Crippen LogP contribution in [0.2, 0.25) is 5.02 Å². The van der Waals surface area contributed by atoms with Crippen molar-refractivity contribution < 1.29 is 9.32 Å². The number of benzene rings is 1. The number of carbonyl (C=O) groups is 1. The number of nitrogens with one attached hydrogen (secondary N) is 1. The van der Waals surface area contributed by atoms with E-state index in [1.807, 2.05) is 18.2 Å². The molecule has 0 atom stereocenters. The van der Waals surface area contributed by atoms with Gasteiger partial charge in [0.1, 0.15) is 5.82 Å². The highest BCUT2D eigenvalue weighted by Gasteiger charge is 2.18. The van der Waals surface area contributed by atoms with Gasteiger partial charge in [-0.2, -0.15) is 4.98 Å². The molecule has 0 unspecified atom stereocenters. The van der Waals surface area contributed by atoms with Crippen molar-refractivity contribution in [2.45, 2.75) is 19.4 Å². The van der Waals surface area contributed by atoms with Gasteiger partial charge >= 0.3 is 11.8 Å². The number of amides is 1. The molecule has 0 spiro atoms. The fourth-order valence-electron chi connectivity index (χ4n) is 3.01. The van der Waals surface area contributed by atoms with Crippen LogP contribution in [0.25, 0.3) is 11.4 Å². The van der Waals surface area contributed by atoms with Gasteiger partial charge in [0.2, 0.25) is 5.82 Å². The van der Waals surface area contributed by atoms with Crippen LogP contribution in [0.4, 0.5) is 5.82 Å². The lowest BCUT2D eigenvalue weighted by atomic mass is 10.2. The summed E-state index contributed by atoms with van der Waals surface area (Å²) < 4.78 is 5.13. The maximum Gasteiger partial charge on any atom is 0.316 e. The first-order chi connectivity index (χ1) is 13.2. The SMILES string of the molecule is O=C(NCc1cccc(Cl)c1)c1nc(-c2ccnc(N3CCCC3)c2)no1. The summed E-state index contributed by atoms with van der Waals surface area (Å²) in [6.45, 7) is 2.32. The largest absolute Gasteiger partial charge is 0.357 e. The number of aromatic nitrogens is 3. The standard InChI is InChI=1S/C19H18ClN5O2/c20-15-5-3-4-13(10-15)12-22-18(26)19-23-17(24-27-19)14-6-7-21-16(11-14)25-8-1-2-9-25/h3-7,10-11H,1-2,8-9,12H2,(H,22,26). The van der Waals surface area contributed by atoms with Crippen molar-refractivity contribution in [2.75, 3.05) is 18.0 Å². The molecule has 3 aromatic rings. The normalized spacial score (nSPS) is 13.7. The average molecular weight is 384 g/mol. The molecule has 1 aromatic carbocycles. The lowest BCUT2D eigenvalue weighted by Crippen LogP contribution is -2.23. The summed E-state index contributed by atoms with van der Waals surface area (Å²) >= 11 is 5.95. The van der Waals surface area contributed by atoms with Gasteiger partial charge in [-0.05, 0) is 42.7 Å². The van der Waals surface area contributed by atoms with E-state index in [9.17, 15) is 4.79 Å². The van der Waals surface area contributed by atoms with Gasteiger partial charge in [0.25, 0.3) is 0 Å². The van der Waals surface area contributed by atoms with Crippen LogP contribution < -0.4 is 10.2 Å². The summed E-state index contributed by atoms with van der Waals surface area (Å²) in [5, 5.41) is 7.30. The minimum atomic E-state index is -0.428. The Balaban J connectivity index is 1.45. The quantitative estimate of drug-likeness (QED) is 0.727. The summed E-state index contributed by atoms with van der Waals surface area (Å²) in [7, 11) is 0. The Bertz CT molecular complexity index is 953. The first kappa shape index (κ1) is 17.5. The van der Waals surface area contributed by atoms with E-state index in [1.54, 1.807) is 24.4 Å². The van der Waals surface area contributed by atoms with Crippen LogP contribution >= 0.6 is 11.6 Å². The average Bonchev–Trinajstić information content (AvgIpc) is 3.38. The van der Waals surface area contributed by atoms with E-state index in [0.717, 1.165) is 30.0 Å². The zero-order valence-electron chi connectivity index (χ0n) is 14.6. The molecular weight excluding hydrogens is 366 g/mol. The molecule has 1 aliphatic rings.